The molecule has 1 aliphatic rings. The molecule has 0 saturated heterocycles. The van der Waals surface area contributed by atoms with Gasteiger partial charge in [-0.15, -0.1) is 0 Å². The minimum absolute atomic E-state index is 0.236. The Morgan fingerprint density at radius 2 is 2.33 bits per heavy atom. The topological polar surface area (TPSA) is 34.2 Å². The predicted molar refractivity (Wildman–Crippen MR) is 69.2 cm³/mol. The summed E-state index contributed by atoms with van der Waals surface area (Å²) < 4.78 is 18.9. The summed E-state index contributed by atoms with van der Waals surface area (Å²) in [6.07, 6.45) is 0.820. The van der Waals surface area contributed by atoms with Crippen molar-refractivity contribution in [1.82, 2.24) is 4.98 Å². The number of halogens is 1. The summed E-state index contributed by atoms with van der Waals surface area (Å²) in [4.78, 5) is 4.61. The molecule has 1 N–H and O–H groups in total. The molecule has 18 heavy (non-hydrogen) atoms. The number of fused-ring (bicyclic) bond motifs is 2. The molecule has 3 rings (SSSR count). The summed E-state index contributed by atoms with van der Waals surface area (Å²) in [6, 6.07) is 4.73. The van der Waals surface area contributed by atoms with E-state index in [1.807, 2.05) is 6.92 Å². The fourth-order valence-corrected chi connectivity index (χ4v) is 2.41. The number of rotatable bonds is 2. The van der Waals surface area contributed by atoms with Crippen molar-refractivity contribution >= 4 is 16.6 Å². The second kappa shape index (κ2) is 4.53. The molecule has 1 aromatic heterocycles. The van der Waals surface area contributed by atoms with E-state index < -0.39 is 0 Å². The SMILES string of the molecule is CCNc1c2c(nc3ccc(F)cc13)CCOC2. The molecule has 94 valence electrons. The van der Waals surface area contributed by atoms with E-state index in [1.165, 1.54) is 12.1 Å². The second-order valence-electron chi connectivity index (χ2n) is 4.41. The van der Waals surface area contributed by atoms with Crippen LogP contribution >= 0.6 is 0 Å². The lowest BCUT2D eigenvalue weighted by Crippen LogP contribution is -2.15. The van der Waals surface area contributed by atoms with E-state index in [0.717, 1.165) is 40.8 Å². The van der Waals surface area contributed by atoms with Crippen LogP contribution in [0.3, 0.4) is 0 Å². The molecule has 0 unspecified atom stereocenters. The lowest BCUT2D eigenvalue weighted by molar-refractivity contribution is 0.110. The molecule has 0 bridgehead atoms. The van der Waals surface area contributed by atoms with Gasteiger partial charge in [0.1, 0.15) is 5.82 Å². The molecule has 2 heterocycles. The fourth-order valence-electron chi connectivity index (χ4n) is 2.41. The largest absolute Gasteiger partial charge is 0.384 e. The lowest BCUT2D eigenvalue weighted by atomic mass is 10.0. The third kappa shape index (κ3) is 1.82. The zero-order valence-electron chi connectivity index (χ0n) is 10.3. The molecule has 1 aromatic carbocycles. The van der Waals surface area contributed by atoms with Gasteiger partial charge in [0.05, 0.1) is 30.1 Å². The van der Waals surface area contributed by atoms with Crippen LogP contribution in [0.5, 0.6) is 0 Å². The number of aromatic nitrogens is 1. The van der Waals surface area contributed by atoms with E-state index in [2.05, 4.69) is 10.3 Å². The van der Waals surface area contributed by atoms with E-state index in [0.29, 0.717) is 13.2 Å². The monoisotopic (exact) mass is 246 g/mol. The summed E-state index contributed by atoms with van der Waals surface area (Å²) in [5.74, 6) is -0.236. The molecule has 2 aromatic rings. The summed E-state index contributed by atoms with van der Waals surface area (Å²) in [5.41, 5.74) is 3.95. The quantitative estimate of drug-likeness (QED) is 0.884. The number of nitrogens with zero attached hydrogens (tertiary/aromatic N) is 1. The molecule has 3 nitrogen and oxygen atoms in total. The first-order valence-corrected chi connectivity index (χ1v) is 6.22. The third-order valence-electron chi connectivity index (χ3n) is 3.22. The average Bonchev–Trinajstić information content (AvgIpc) is 2.39. The van der Waals surface area contributed by atoms with Crippen LogP contribution in [0.2, 0.25) is 0 Å². The van der Waals surface area contributed by atoms with Crippen LogP contribution < -0.4 is 5.32 Å². The maximum Gasteiger partial charge on any atom is 0.124 e. The second-order valence-corrected chi connectivity index (χ2v) is 4.41. The Kier molecular flexibility index (Phi) is 2.88. The van der Waals surface area contributed by atoms with Crippen LogP contribution in [0.15, 0.2) is 18.2 Å². The van der Waals surface area contributed by atoms with Gasteiger partial charge in [-0.05, 0) is 25.1 Å². The van der Waals surface area contributed by atoms with Gasteiger partial charge in [-0.3, -0.25) is 4.98 Å². The Balaban J connectivity index is 2.30. The van der Waals surface area contributed by atoms with Crippen molar-refractivity contribution in [1.29, 1.82) is 0 Å². The van der Waals surface area contributed by atoms with Gasteiger partial charge in [-0.1, -0.05) is 0 Å². The molecule has 0 atom stereocenters. The highest BCUT2D eigenvalue weighted by Crippen LogP contribution is 2.31. The number of nitrogens with one attached hydrogen (secondary N) is 1. The van der Waals surface area contributed by atoms with Gasteiger partial charge in [0.15, 0.2) is 0 Å². The number of anilines is 1. The Bertz CT molecular complexity index is 598. The number of hydrogen-bond acceptors (Lipinski definition) is 3. The predicted octanol–water partition coefficient (Wildman–Crippen LogP) is 2.88. The number of benzene rings is 1. The van der Waals surface area contributed by atoms with Crippen molar-refractivity contribution in [2.45, 2.75) is 20.0 Å². The van der Waals surface area contributed by atoms with E-state index in [-0.39, 0.29) is 5.82 Å². The molecular weight excluding hydrogens is 231 g/mol. The van der Waals surface area contributed by atoms with Gasteiger partial charge in [0, 0.05) is 23.9 Å². The van der Waals surface area contributed by atoms with Crippen molar-refractivity contribution < 1.29 is 9.13 Å². The van der Waals surface area contributed by atoms with Crippen molar-refractivity contribution in [3.05, 3.63) is 35.3 Å². The molecule has 0 radical (unpaired) electrons. The molecule has 0 spiro atoms. The van der Waals surface area contributed by atoms with Crippen molar-refractivity contribution in [3.8, 4) is 0 Å². The van der Waals surface area contributed by atoms with Gasteiger partial charge < -0.3 is 10.1 Å². The maximum absolute atomic E-state index is 13.4. The minimum Gasteiger partial charge on any atom is -0.384 e. The molecule has 0 amide bonds. The van der Waals surface area contributed by atoms with E-state index >= 15 is 0 Å². The standard InChI is InChI=1S/C14H15FN2O/c1-2-16-14-10-7-9(15)3-4-12(10)17-13-5-6-18-8-11(13)14/h3-4,7H,2,5-6,8H2,1H3,(H,16,17). The average molecular weight is 246 g/mol. The summed E-state index contributed by atoms with van der Waals surface area (Å²) in [7, 11) is 0. The number of ether oxygens (including phenoxy) is 1. The zero-order valence-corrected chi connectivity index (χ0v) is 10.3. The molecule has 0 aliphatic carbocycles. The van der Waals surface area contributed by atoms with Gasteiger partial charge in [-0.2, -0.15) is 0 Å². The van der Waals surface area contributed by atoms with Crippen LogP contribution in [-0.4, -0.2) is 18.1 Å². The van der Waals surface area contributed by atoms with Crippen molar-refractivity contribution in [2.75, 3.05) is 18.5 Å². The minimum atomic E-state index is -0.236. The van der Waals surface area contributed by atoms with E-state index in [4.69, 9.17) is 4.74 Å². The molecule has 1 aliphatic heterocycles. The van der Waals surface area contributed by atoms with Crippen LogP contribution in [0.4, 0.5) is 10.1 Å². The van der Waals surface area contributed by atoms with Gasteiger partial charge in [0.25, 0.3) is 0 Å². The molecule has 4 heteroatoms. The van der Waals surface area contributed by atoms with Gasteiger partial charge >= 0.3 is 0 Å². The molecular formula is C14H15FN2O. The molecule has 0 fully saturated rings. The maximum atomic E-state index is 13.4. The summed E-state index contributed by atoms with van der Waals surface area (Å²) in [6.45, 7) is 4.08. The zero-order chi connectivity index (χ0) is 12.5. The van der Waals surface area contributed by atoms with E-state index in [9.17, 15) is 4.39 Å². The lowest BCUT2D eigenvalue weighted by Gasteiger charge is -2.21. The van der Waals surface area contributed by atoms with Crippen LogP contribution in [0.1, 0.15) is 18.2 Å². The normalized spacial score (nSPS) is 14.6. The highest BCUT2D eigenvalue weighted by molar-refractivity contribution is 5.93. The number of hydrogen-bond donors (Lipinski definition) is 1. The van der Waals surface area contributed by atoms with E-state index in [1.54, 1.807) is 6.07 Å². The first-order chi connectivity index (χ1) is 8.79. The fraction of sp³-hybridized carbons (Fsp3) is 0.357. The Morgan fingerprint density at radius 3 is 3.17 bits per heavy atom. The highest BCUT2D eigenvalue weighted by Gasteiger charge is 2.18. The van der Waals surface area contributed by atoms with Crippen LogP contribution in [0, 0.1) is 5.82 Å². The Morgan fingerprint density at radius 1 is 1.44 bits per heavy atom. The van der Waals surface area contributed by atoms with Gasteiger partial charge in [-0.25, -0.2) is 4.39 Å². The molecule has 0 saturated carbocycles. The van der Waals surface area contributed by atoms with Crippen LogP contribution in [-0.2, 0) is 17.8 Å². The third-order valence-corrected chi connectivity index (χ3v) is 3.22. The number of pyridine rings is 1. The van der Waals surface area contributed by atoms with Crippen molar-refractivity contribution in [2.24, 2.45) is 0 Å². The first kappa shape index (κ1) is 11.4. The van der Waals surface area contributed by atoms with Crippen molar-refractivity contribution in [3.63, 3.8) is 0 Å². The summed E-state index contributed by atoms with van der Waals surface area (Å²) >= 11 is 0. The van der Waals surface area contributed by atoms with Gasteiger partial charge in [0.2, 0.25) is 0 Å². The smallest absolute Gasteiger partial charge is 0.124 e. The Hall–Kier alpha value is -1.68. The Labute approximate surface area is 105 Å². The first-order valence-electron chi connectivity index (χ1n) is 6.22. The van der Waals surface area contributed by atoms with Crippen LogP contribution in [0.25, 0.3) is 10.9 Å². The highest BCUT2D eigenvalue weighted by atomic mass is 19.1. The summed E-state index contributed by atoms with van der Waals surface area (Å²) in [5, 5.41) is 4.15.